The van der Waals surface area contributed by atoms with Crippen LogP contribution in [0.2, 0.25) is 0 Å². The average molecular weight is 360 g/mol. The van der Waals surface area contributed by atoms with E-state index in [0.717, 1.165) is 25.7 Å². The molecular formula is C17H33N3O3S. The summed E-state index contributed by atoms with van der Waals surface area (Å²) in [6, 6.07) is 0. The van der Waals surface area contributed by atoms with Gasteiger partial charge >= 0.3 is 0 Å². The molecule has 140 valence electrons. The van der Waals surface area contributed by atoms with E-state index in [1.54, 1.807) is 14.1 Å². The van der Waals surface area contributed by atoms with E-state index >= 15 is 0 Å². The summed E-state index contributed by atoms with van der Waals surface area (Å²) in [7, 11) is -0.285. The lowest BCUT2D eigenvalue weighted by Gasteiger charge is -2.40. The molecule has 1 amide bonds. The van der Waals surface area contributed by atoms with Gasteiger partial charge in [-0.25, -0.2) is 0 Å². The lowest BCUT2D eigenvalue weighted by atomic mass is 9.69. The number of nitrogens with zero attached hydrogens (tertiary/aromatic N) is 3. The fourth-order valence-electron chi connectivity index (χ4n) is 3.83. The zero-order valence-electron chi connectivity index (χ0n) is 15.8. The van der Waals surface area contributed by atoms with Crippen molar-refractivity contribution in [2.75, 3.05) is 40.3 Å². The van der Waals surface area contributed by atoms with Gasteiger partial charge in [-0.3, -0.25) is 4.79 Å². The van der Waals surface area contributed by atoms with Crippen molar-refractivity contribution in [1.82, 2.24) is 13.5 Å². The fourth-order valence-corrected chi connectivity index (χ4v) is 4.92. The monoisotopic (exact) mass is 359 g/mol. The molecule has 0 aromatic carbocycles. The van der Waals surface area contributed by atoms with Crippen LogP contribution in [-0.4, -0.2) is 68.1 Å². The molecule has 2 aliphatic rings. The zero-order valence-corrected chi connectivity index (χ0v) is 16.6. The molecular weight excluding hydrogens is 326 g/mol. The third kappa shape index (κ3) is 4.29. The first-order chi connectivity index (χ1) is 11.0. The van der Waals surface area contributed by atoms with Gasteiger partial charge in [0, 0.05) is 46.2 Å². The van der Waals surface area contributed by atoms with Crippen LogP contribution in [0, 0.1) is 17.3 Å². The van der Waals surface area contributed by atoms with Crippen molar-refractivity contribution >= 4 is 16.1 Å². The summed E-state index contributed by atoms with van der Waals surface area (Å²) in [6.45, 7) is 8.64. The van der Waals surface area contributed by atoms with Gasteiger partial charge in [-0.05, 0) is 37.0 Å². The molecule has 0 radical (unpaired) electrons. The van der Waals surface area contributed by atoms with Gasteiger partial charge < -0.3 is 4.90 Å². The molecule has 1 saturated heterocycles. The maximum absolute atomic E-state index is 12.7. The first kappa shape index (κ1) is 19.7. The van der Waals surface area contributed by atoms with E-state index in [9.17, 15) is 13.2 Å². The summed E-state index contributed by atoms with van der Waals surface area (Å²) in [6.07, 6.45) is 4.18. The Morgan fingerprint density at radius 1 is 0.958 bits per heavy atom. The molecule has 0 atom stereocenters. The van der Waals surface area contributed by atoms with Crippen molar-refractivity contribution < 1.29 is 13.2 Å². The first-order valence-electron chi connectivity index (χ1n) is 9.00. The molecule has 0 N–H and O–H groups in total. The Morgan fingerprint density at radius 3 is 1.88 bits per heavy atom. The van der Waals surface area contributed by atoms with Gasteiger partial charge in [0.1, 0.15) is 0 Å². The maximum atomic E-state index is 12.7. The third-order valence-corrected chi connectivity index (χ3v) is 7.58. The minimum Gasteiger partial charge on any atom is -0.340 e. The SMILES string of the molecule is CN(C)S(=O)(=O)N1CCN(C(=O)C2CCC(C(C)(C)C)CC2)CC1. The molecule has 2 fully saturated rings. The van der Waals surface area contributed by atoms with Gasteiger partial charge in [0.15, 0.2) is 0 Å². The number of piperazine rings is 1. The Labute approximate surface area is 147 Å². The van der Waals surface area contributed by atoms with E-state index in [1.165, 1.54) is 8.61 Å². The van der Waals surface area contributed by atoms with Gasteiger partial charge in [-0.2, -0.15) is 17.0 Å². The van der Waals surface area contributed by atoms with Crippen LogP contribution in [-0.2, 0) is 15.0 Å². The van der Waals surface area contributed by atoms with Crippen molar-refractivity contribution in [3.8, 4) is 0 Å². The molecule has 24 heavy (non-hydrogen) atoms. The highest BCUT2D eigenvalue weighted by molar-refractivity contribution is 7.86. The maximum Gasteiger partial charge on any atom is 0.281 e. The smallest absolute Gasteiger partial charge is 0.281 e. The number of carbonyl (C=O) groups excluding carboxylic acids is 1. The van der Waals surface area contributed by atoms with Crippen LogP contribution < -0.4 is 0 Å². The predicted octanol–water partition coefficient (Wildman–Crippen LogP) is 1.79. The second kappa shape index (κ2) is 7.30. The summed E-state index contributed by atoms with van der Waals surface area (Å²) >= 11 is 0. The van der Waals surface area contributed by atoms with E-state index in [4.69, 9.17) is 0 Å². The quantitative estimate of drug-likeness (QED) is 0.772. The van der Waals surface area contributed by atoms with Crippen molar-refractivity contribution in [2.45, 2.75) is 46.5 Å². The van der Waals surface area contributed by atoms with Crippen LogP contribution in [0.1, 0.15) is 46.5 Å². The van der Waals surface area contributed by atoms with Crippen molar-refractivity contribution in [1.29, 1.82) is 0 Å². The highest BCUT2D eigenvalue weighted by Crippen LogP contribution is 2.40. The summed E-state index contributed by atoms with van der Waals surface area (Å²) in [5.41, 5.74) is 0.320. The summed E-state index contributed by atoms with van der Waals surface area (Å²) in [5, 5.41) is 0. The fraction of sp³-hybridized carbons (Fsp3) is 0.941. The van der Waals surface area contributed by atoms with Gasteiger partial charge in [0.2, 0.25) is 5.91 Å². The van der Waals surface area contributed by atoms with Gasteiger partial charge in [-0.1, -0.05) is 20.8 Å². The largest absolute Gasteiger partial charge is 0.340 e. The zero-order chi connectivity index (χ0) is 18.1. The number of hydrogen-bond donors (Lipinski definition) is 0. The Hall–Kier alpha value is -0.660. The lowest BCUT2D eigenvalue weighted by molar-refractivity contribution is -0.138. The molecule has 1 saturated carbocycles. The van der Waals surface area contributed by atoms with Crippen molar-refractivity contribution in [2.24, 2.45) is 17.3 Å². The van der Waals surface area contributed by atoms with E-state index in [0.29, 0.717) is 37.5 Å². The summed E-state index contributed by atoms with van der Waals surface area (Å²) in [5.74, 6) is 1.05. The van der Waals surface area contributed by atoms with Crippen LogP contribution in [0.5, 0.6) is 0 Å². The first-order valence-corrected chi connectivity index (χ1v) is 10.4. The highest BCUT2D eigenvalue weighted by Gasteiger charge is 2.36. The molecule has 1 aliphatic carbocycles. The number of rotatable bonds is 3. The lowest BCUT2D eigenvalue weighted by Crippen LogP contribution is -2.54. The van der Waals surface area contributed by atoms with E-state index in [2.05, 4.69) is 20.8 Å². The number of carbonyl (C=O) groups is 1. The van der Waals surface area contributed by atoms with Crippen molar-refractivity contribution in [3.63, 3.8) is 0 Å². The second-order valence-corrected chi connectivity index (χ2v) is 10.6. The van der Waals surface area contributed by atoms with Gasteiger partial charge in [0.25, 0.3) is 10.2 Å². The minimum atomic E-state index is -3.37. The molecule has 0 bridgehead atoms. The van der Waals surface area contributed by atoms with E-state index < -0.39 is 10.2 Å². The van der Waals surface area contributed by atoms with Crippen LogP contribution in [0.15, 0.2) is 0 Å². The topological polar surface area (TPSA) is 60.9 Å². The van der Waals surface area contributed by atoms with Crippen LogP contribution in [0.4, 0.5) is 0 Å². The summed E-state index contributed by atoms with van der Waals surface area (Å²) in [4.78, 5) is 14.6. The molecule has 0 unspecified atom stereocenters. The number of hydrogen-bond acceptors (Lipinski definition) is 3. The van der Waals surface area contributed by atoms with Gasteiger partial charge in [0.05, 0.1) is 0 Å². The Kier molecular flexibility index (Phi) is 5.98. The number of amides is 1. The molecule has 0 aromatic heterocycles. The molecule has 0 spiro atoms. The normalized spacial score (nSPS) is 27.5. The highest BCUT2D eigenvalue weighted by atomic mass is 32.2. The average Bonchev–Trinajstić information content (AvgIpc) is 2.53. The summed E-state index contributed by atoms with van der Waals surface area (Å²) < 4.78 is 27.0. The Balaban J connectivity index is 1.86. The van der Waals surface area contributed by atoms with Crippen LogP contribution in [0.3, 0.4) is 0 Å². The second-order valence-electron chi connectivity index (χ2n) is 8.43. The van der Waals surface area contributed by atoms with E-state index in [-0.39, 0.29) is 11.8 Å². The molecule has 7 heteroatoms. The van der Waals surface area contributed by atoms with E-state index in [1.807, 2.05) is 4.90 Å². The van der Waals surface area contributed by atoms with Crippen LogP contribution in [0.25, 0.3) is 0 Å². The standard InChI is InChI=1S/C17H33N3O3S/c1-17(2,3)15-8-6-14(7-9-15)16(21)19-10-12-20(13-11-19)24(22,23)18(4)5/h14-15H,6-13H2,1-5H3. The molecule has 6 nitrogen and oxygen atoms in total. The molecule has 2 rings (SSSR count). The third-order valence-electron chi connectivity index (χ3n) is 5.64. The molecule has 1 aliphatic heterocycles. The van der Waals surface area contributed by atoms with Crippen molar-refractivity contribution in [3.05, 3.63) is 0 Å². The minimum absolute atomic E-state index is 0.126. The molecule has 1 heterocycles. The van der Waals surface area contributed by atoms with Crippen LogP contribution >= 0.6 is 0 Å². The Bertz CT molecular complexity index is 538. The van der Waals surface area contributed by atoms with Gasteiger partial charge in [-0.15, -0.1) is 0 Å². The Morgan fingerprint density at radius 2 is 1.46 bits per heavy atom. The molecule has 0 aromatic rings. The predicted molar refractivity (Wildman–Crippen MR) is 95.7 cm³/mol.